The Labute approximate surface area is 146 Å². The molecule has 0 saturated heterocycles. The van der Waals surface area contributed by atoms with Gasteiger partial charge in [-0.15, -0.1) is 0 Å². The van der Waals surface area contributed by atoms with Gasteiger partial charge in [0.15, 0.2) is 0 Å². The van der Waals surface area contributed by atoms with Gasteiger partial charge in [0.1, 0.15) is 5.58 Å². The first-order valence-corrected chi connectivity index (χ1v) is 8.18. The van der Waals surface area contributed by atoms with E-state index >= 15 is 0 Å². The quantitative estimate of drug-likeness (QED) is 0.578. The highest BCUT2D eigenvalue weighted by molar-refractivity contribution is 5.88. The van der Waals surface area contributed by atoms with Gasteiger partial charge in [-0.3, -0.25) is 9.59 Å². The lowest BCUT2D eigenvalue weighted by Crippen LogP contribution is -2.35. The van der Waals surface area contributed by atoms with Crippen molar-refractivity contribution in [2.75, 3.05) is 32.1 Å². The number of rotatable bonds is 7. The molecule has 0 aliphatic heterocycles. The SMILES string of the molecule is CCC(=O)NCCNC(=O)Cc1cc(=O)oc2cc(N(C)C)ccc12. The van der Waals surface area contributed by atoms with Gasteiger partial charge < -0.3 is 20.0 Å². The molecule has 0 aliphatic carbocycles. The minimum absolute atomic E-state index is 0.0578. The maximum Gasteiger partial charge on any atom is 0.336 e. The van der Waals surface area contributed by atoms with Crippen molar-refractivity contribution in [1.82, 2.24) is 10.6 Å². The number of nitrogens with zero attached hydrogens (tertiary/aromatic N) is 1. The summed E-state index contributed by atoms with van der Waals surface area (Å²) < 4.78 is 5.25. The number of carbonyl (C=O) groups excluding carboxylic acids is 2. The highest BCUT2D eigenvalue weighted by atomic mass is 16.4. The summed E-state index contributed by atoms with van der Waals surface area (Å²) in [6, 6.07) is 6.87. The van der Waals surface area contributed by atoms with Gasteiger partial charge in [0.2, 0.25) is 11.8 Å². The Morgan fingerprint density at radius 2 is 1.76 bits per heavy atom. The summed E-state index contributed by atoms with van der Waals surface area (Å²) in [4.78, 5) is 36.9. The van der Waals surface area contributed by atoms with Crippen LogP contribution in [0.2, 0.25) is 0 Å². The highest BCUT2D eigenvalue weighted by Gasteiger charge is 2.11. The molecule has 2 aromatic rings. The first-order chi connectivity index (χ1) is 11.9. The largest absolute Gasteiger partial charge is 0.423 e. The lowest BCUT2D eigenvalue weighted by Gasteiger charge is -2.13. The number of anilines is 1. The van der Waals surface area contributed by atoms with Crippen molar-refractivity contribution >= 4 is 28.5 Å². The fourth-order valence-corrected chi connectivity index (χ4v) is 2.41. The van der Waals surface area contributed by atoms with Crippen LogP contribution < -0.4 is 21.2 Å². The number of benzene rings is 1. The van der Waals surface area contributed by atoms with Gasteiger partial charge in [-0.25, -0.2) is 4.79 Å². The number of fused-ring (bicyclic) bond motifs is 1. The van der Waals surface area contributed by atoms with Crippen LogP contribution in [0.5, 0.6) is 0 Å². The number of carbonyl (C=O) groups is 2. The molecular weight excluding hydrogens is 322 g/mol. The molecule has 0 aliphatic rings. The molecule has 25 heavy (non-hydrogen) atoms. The van der Waals surface area contributed by atoms with Crippen LogP contribution in [-0.2, 0) is 16.0 Å². The first-order valence-electron chi connectivity index (χ1n) is 8.18. The van der Waals surface area contributed by atoms with Crippen molar-refractivity contribution in [3.63, 3.8) is 0 Å². The standard InChI is InChI=1S/C18H23N3O4/c1-4-16(22)19-7-8-20-17(23)9-12-10-18(24)25-15-11-13(21(2)3)5-6-14(12)15/h5-6,10-11H,4,7-9H2,1-3H3,(H,19,22)(H,20,23). The summed E-state index contributed by atoms with van der Waals surface area (Å²) >= 11 is 0. The second-order valence-corrected chi connectivity index (χ2v) is 5.90. The molecule has 1 aromatic heterocycles. The Morgan fingerprint density at radius 3 is 2.40 bits per heavy atom. The Hall–Kier alpha value is -2.83. The van der Waals surface area contributed by atoms with Crippen LogP contribution >= 0.6 is 0 Å². The summed E-state index contributed by atoms with van der Waals surface area (Å²) in [5.41, 5.74) is 1.49. The second kappa shape index (κ2) is 8.32. The minimum atomic E-state index is -0.485. The maximum atomic E-state index is 12.1. The molecule has 1 heterocycles. The Kier molecular flexibility index (Phi) is 6.16. The van der Waals surface area contributed by atoms with Crippen LogP contribution in [0, 0.1) is 0 Å². The van der Waals surface area contributed by atoms with E-state index in [1.54, 1.807) is 13.0 Å². The predicted octanol–water partition coefficient (Wildman–Crippen LogP) is 1.04. The molecule has 134 valence electrons. The normalized spacial score (nSPS) is 10.5. The van der Waals surface area contributed by atoms with Gasteiger partial charge in [-0.2, -0.15) is 0 Å². The minimum Gasteiger partial charge on any atom is -0.423 e. The molecule has 7 heteroatoms. The van der Waals surface area contributed by atoms with Gasteiger partial charge in [0, 0.05) is 56.8 Å². The van der Waals surface area contributed by atoms with E-state index in [1.165, 1.54) is 6.07 Å². The third-order valence-corrected chi connectivity index (χ3v) is 3.77. The van der Waals surface area contributed by atoms with Gasteiger partial charge in [0.05, 0.1) is 6.42 Å². The van der Waals surface area contributed by atoms with Crippen molar-refractivity contribution in [3.8, 4) is 0 Å². The van der Waals surface area contributed by atoms with Gasteiger partial charge in [-0.1, -0.05) is 6.92 Å². The highest BCUT2D eigenvalue weighted by Crippen LogP contribution is 2.22. The van der Waals surface area contributed by atoms with E-state index in [0.717, 1.165) is 11.1 Å². The van der Waals surface area contributed by atoms with Gasteiger partial charge in [-0.05, 0) is 17.7 Å². The van der Waals surface area contributed by atoms with E-state index in [-0.39, 0.29) is 18.2 Å². The average molecular weight is 345 g/mol. The fraction of sp³-hybridized carbons (Fsp3) is 0.389. The van der Waals surface area contributed by atoms with Crippen LogP contribution in [-0.4, -0.2) is 39.0 Å². The Morgan fingerprint density at radius 1 is 1.08 bits per heavy atom. The van der Waals surface area contributed by atoms with Gasteiger partial charge in [0.25, 0.3) is 0 Å². The molecule has 0 bridgehead atoms. The van der Waals surface area contributed by atoms with Crippen LogP contribution in [0.3, 0.4) is 0 Å². The van der Waals surface area contributed by atoms with E-state index in [0.29, 0.717) is 30.7 Å². The lowest BCUT2D eigenvalue weighted by atomic mass is 10.1. The predicted molar refractivity (Wildman–Crippen MR) is 96.8 cm³/mol. The molecular formula is C18H23N3O4. The van der Waals surface area contributed by atoms with E-state index in [2.05, 4.69) is 10.6 Å². The summed E-state index contributed by atoms with van der Waals surface area (Å²) in [6.07, 6.45) is 0.486. The molecule has 0 saturated carbocycles. The average Bonchev–Trinajstić information content (AvgIpc) is 2.57. The summed E-state index contributed by atoms with van der Waals surface area (Å²) in [5, 5.41) is 6.15. The van der Waals surface area contributed by atoms with E-state index in [1.807, 2.05) is 31.1 Å². The van der Waals surface area contributed by atoms with Crippen molar-refractivity contribution in [2.45, 2.75) is 19.8 Å². The third-order valence-electron chi connectivity index (χ3n) is 3.77. The number of hydrogen-bond acceptors (Lipinski definition) is 5. The Balaban J connectivity index is 2.08. The molecule has 1 aromatic carbocycles. The Bertz CT molecular complexity index is 827. The number of amides is 2. The topological polar surface area (TPSA) is 91.7 Å². The molecule has 0 unspecified atom stereocenters. The second-order valence-electron chi connectivity index (χ2n) is 5.90. The molecule has 0 radical (unpaired) electrons. The van der Waals surface area contributed by atoms with Crippen LogP contribution in [0.4, 0.5) is 5.69 Å². The van der Waals surface area contributed by atoms with Crippen LogP contribution in [0.15, 0.2) is 33.5 Å². The zero-order valence-electron chi connectivity index (χ0n) is 14.7. The van der Waals surface area contributed by atoms with E-state index < -0.39 is 5.63 Å². The third kappa shape index (κ3) is 5.07. The number of hydrogen-bond donors (Lipinski definition) is 2. The summed E-state index contributed by atoms with van der Waals surface area (Å²) in [7, 11) is 3.79. The maximum absolute atomic E-state index is 12.1. The van der Waals surface area contributed by atoms with Crippen molar-refractivity contribution in [3.05, 3.63) is 40.2 Å². The first kappa shape index (κ1) is 18.5. The summed E-state index contributed by atoms with van der Waals surface area (Å²) in [5.74, 6) is -0.271. The molecule has 2 rings (SSSR count). The smallest absolute Gasteiger partial charge is 0.336 e. The fourth-order valence-electron chi connectivity index (χ4n) is 2.41. The zero-order valence-corrected chi connectivity index (χ0v) is 14.7. The molecule has 7 nitrogen and oxygen atoms in total. The zero-order chi connectivity index (χ0) is 18.4. The van der Waals surface area contributed by atoms with Crippen molar-refractivity contribution < 1.29 is 14.0 Å². The number of nitrogens with one attached hydrogen (secondary N) is 2. The van der Waals surface area contributed by atoms with Crippen LogP contribution in [0.1, 0.15) is 18.9 Å². The molecule has 0 spiro atoms. The van der Waals surface area contributed by atoms with E-state index in [4.69, 9.17) is 4.42 Å². The van der Waals surface area contributed by atoms with Crippen LogP contribution in [0.25, 0.3) is 11.0 Å². The molecule has 2 amide bonds. The summed E-state index contributed by atoms with van der Waals surface area (Å²) in [6.45, 7) is 2.48. The molecule has 0 fully saturated rings. The lowest BCUT2D eigenvalue weighted by molar-refractivity contribution is -0.122. The van der Waals surface area contributed by atoms with E-state index in [9.17, 15) is 14.4 Å². The molecule has 0 atom stereocenters. The monoisotopic (exact) mass is 345 g/mol. The molecule has 2 N–H and O–H groups in total. The van der Waals surface area contributed by atoms with Gasteiger partial charge >= 0.3 is 5.63 Å². The van der Waals surface area contributed by atoms with Crippen molar-refractivity contribution in [1.29, 1.82) is 0 Å². The van der Waals surface area contributed by atoms with Crippen molar-refractivity contribution in [2.24, 2.45) is 0 Å².